The molecule has 8 nitrogen and oxygen atoms in total. The van der Waals surface area contributed by atoms with Gasteiger partial charge in [-0.05, 0) is 26.7 Å². The van der Waals surface area contributed by atoms with Crippen LogP contribution in [0.1, 0.15) is 52.4 Å². The molecule has 3 aliphatic rings. The van der Waals surface area contributed by atoms with Crippen LogP contribution in [0.5, 0.6) is 0 Å². The maximum atomic E-state index is 11.8. The molecule has 0 bridgehead atoms. The first-order valence-corrected chi connectivity index (χ1v) is 9.58. The Morgan fingerprint density at radius 3 is 2.56 bits per heavy atom. The van der Waals surface area contributed by atoms with Crippen molar-refractivity contribution in [3.05, 3.63) is 0 Å². The van der Waals surface area contributed by atoms with E-state index in [1.54, 1.807) is 0 Å². The second-order valence-corrected chi connectivity index (χ2v) is 8.40. The van der Waals surface area contributed by atoms with Crippen molar-refractivity contribution in [3.63, 3.8) is 0 Å². The van der Waals surface area contributed by atoms with Gasteiger partial charge in [-0.15, -0.1) is 5.06 Å². The number of imide groups is 1. The maximum absolute atomic E-state index is 11.8. The van der Waals surface area contributed by atoms with E-state index in [1.807, 2.05) is 11.8 Å². The molecule has 3 fully saturated rings. The molecule has 2 unspecified atom stereocenters. The van der Waals surface area contributed by atoms with Gasteiger partial charge in [-0.3, -0.25) is 9.59 Å². The Balaban J connectivity index is 1.42. The summed E-state index contributed by atoms with van der Waals surface area (Å²) in [6, 6.07) is -0.126. The van der Waals surface area contributed by atoms with Crippen LogP contribution in [0.3, 0.4) is 0 Å². The minimum absolute atomic E-state index is 0.0993. The summed E-state index contributed by atoms with van der Waals surface area (Å²) < 4.78 is 0. The van der Waals surface area contributed by atoms with Gasteiger partial charge in [-0.2, -0.15) is 11.8 Å². The van der Waals surface area contributed by atoms with Crippen molar-refractivity contribution in [2.45, 2.75) is 68.7 Å². The highest BCUT2D eigenvalue weighted by Gasteiger charge is 2.60. The SMILES string of the molecule is CC12NC(=O)N[C@]1(C)CSC2CCCCC(=O)ON1C(=O)CCC1=O. The molecular formula is C16H23N3O5S. The molecule has 0 aromatic heterocycles. The minimum atomic E-state index is -0.561. The summed E-state index contributed by atoms with van der Waals surface area (Å²) in [7, 11) is 0. The van der Waals surface area contributed by atoms with Gasteiger partial charge in [-0.25, -0.2) is 9.59 Å². The van der Waals surface area contributed by atoms with Crippen molar-refractivity contribution in [1.29, 1.82) is 0 Å². The van der Waals surface area contributed by atoms with Crippen molar-refractivity contribution < 1.29 is 24.0 Å². The molecule has 0 radical (unpaired) electrons. The van der Waals surface area contributed by atoms with Crippen LogP contribution in [0.25, 0.3) is 0 Å². The number of nitrogens with zero attached hydrogens (tertiary/aromatic N) is 1. The highest BCUT2D eigenvalue weighted by atomic mass is 32.2. The molecule has 3 heterocycles. The summed E-state index contributed by atoms with van der Waals surface area (Å²) in [6.45, 7) is 4.12. The van der Waals surface area contributed by atoms with Crippen LogP contribution < -0.4 is 10.6 Å². The highest BCUT2D eigenvalue weighted by molar-refractivity contribution is 8.00. The quantitative estimate of drug-likeness (QED) is 0.413. The van der Waals surface area contributed by atoms with Crippen molar-refractivity contribution in [1.82, 2.24) is 15.7 Å². The number of hydrogen-bond acceptors (Lipinski definition) is 6. The van der Waals surface area contributed by atoms with E-state index in [9.17, 15) is 19.2 Å². The Morgan fingerprint density at radius 1 is 1.20 bits per heavy atom. The summed E-state index contributed by atoms with van der Waals surface area (Å²) >= 11 is 1.83. The fraction of sp³-hybridized carbons (Fsp3) is 0.750. The number of unbranched alkanes of at least 4 members (excludes halogenated alkanes) is 1. The average Bonchev–Trinajstić information content (AvgIpc) is 3.05. The molecule has 3 saturated heterocycles. The number of fused-ring (bicyclic) bond motifs is 1. The second kappa shape index (κ2) is 6.51. The van der Waals surface area contributed by atoms with Gasteiger partial charge in [0.1, 0.15) is 0 Å². The smallest absolute Gasteiger partial charge is 0.330 e. The molecule has 0 saturated carbocycles. The standard InChI is InChI=1S/C16H23N3O5S/c1-15-9-25-10(16(15,2)18-14(23)17-15)5-3-4-6-13(22)24-19-11(20)7-8-12(19)21/h10H,3-9H2,1-2H3,(H2,17,18,23)/t10?,15-,16?/m1/s1. The summed E-state index contributed by atoms with van der Waals surface area (Å²) in [4.78, 5) is 51.1. The van der Waals surface area contributed by atoms with E-state index < -0.39 is 17.8 Å². The third kappa shape index (κ3) is 3.21. The topological polar surface area (TPSA) is 105 Å². The van der Waals surface area contributed by atoms with Crippen LogP contribution in [0.2, 0.25) is 0 Å². The number of urea groups is 1. The lowest BCUT2D eigenvalue weighted by molar-refractivity contribution is -0.197. The van der Waals surface area contributed by atoms with Crippen molar-refractivity contribution in [2.75, 3.05) is 5.75 Å². The lowest BCUT2D eigenvalue weighted by Gasteiger charge is -2.35. The molecule has 3 aliphatic heterocycles. The molecule has 0 spiro atoms. The number of rotatable bonds is 6. The van der Waals surface area contributed by atoms with E-state index in [0.29, 0.717) is 11.5 Å². The third-order valence-corrected chi connectivity index (χ3v) is 7.28. The number of hydroxylamine groups is 2. The van der Waals surface area contributed by atoms with E-state index >= 15 is 0 Å². The van der Waals surface area contributed by atoms with Crippen LogP contribution in [0.4, 0.5) is 4.79 Å². The molecule has 0 aromatic carbocycles. The van der Waals surface area contributed by atoms with Gasteiger partial charge in [0, 0.05) is 30.3 Å². The number of hydrogen-bond donors (Lipinski definition) is 2. The summed E-state index contributed by atoms with van der Waals surface area (Å²) in [5, 5.41) is 6.91. The first-order chi connectivity index (χ1) is 11.7. The minimum Gasteiger partial charge on any atom is -0.330 e. The zero-order valence-corrected chi connectivity index (χ0v) is 15.2. The van der Waals surface area contributed by atoms with Crippen molar-refractivity contribution in [3.8, 4) is 0 Å². The summed E-state index contributed by atoms with van der Waals surface area (Å²) in [5.41, 5.74) is -0.557. The lowest BCUT2D eigenvalue weighted by Crippen LogP contribution is -2.58. The Labute approximate surface area is 150 Å². The fourth-order valence-electron chi connectivity index (χ4n) is 3.62. The van der Waals surface area contributed by atoms with Gasteiger partial charge < -0.3 is 15.5 Å². The third-order valence-electron chi connectivity index (χ3n) is 5.42. The predicted molar refractivity (Wildman–Crippen MR) is 90.4 cm³/mol. The van der Waals surface area contributed by atoms with Crippen LogP contribution in [-0.2, 0) is 19.2 Å². The number of amides is 4. The number of carbonyl (C=O) groups excluding carboxylic acids is 4. The first kappa shape index (κ1) is 18.0. The zero-order chi connectivity index (χ0) is 18.2. The largest absolute Gasteiger partial charge is 0.333 e. The van der Waals surface area contributed by atoms with Gasteiger partial charge in [0.25, 0.3) is 11.8 Å². The van der Waals surface area contributed by atoms with Gasteiger partial charge in [-0.1, -0.05) is 6.42 Å². The van der Waals surface area contributed by atoms with Gasteiger partial charge in [0.05, 0.1) is 11.1 Å². The molecule has 138 valence electrons. The fourth-order valence-corrected chi connectivity index (χ4v) is 5.51. The number of thioether (sulfide) groups is 1. The summed E-state index contributed by atoms with van der Waals surface area (Å²) in [6.07, 6.45) is 2.64. The molecule has 9 heteroatoms. The Hall–Kier alpha value is -1.77. The first-order valence-electron chi connectivity index (χ1n) is 8.54. The molecule has 0 aliphatic carbocycles. The number of carbonyl (C=O) groups is 4. The zero-order valence-electron chi connectivity index (χ0n) is 14.4. The monoisotopic (exact) mass is 369 g/mol. The molecule has 4 amide bonds. The maximum Gasteiger partial charge on any atom is 0.333 e. The van der Waals surface area contributed by atoms with E-state index in [0.717, 1.165) is 18.6 Å². The second-order valence-electron chi connectivity index (χ2n) is 7.20. The van der Waals surface area contributed by atoms with Gasteiger partial charge >= 0.3 is 12.0 Å². The predicted octanol–water partition coefficient (Wildman–Crippen LogP) is 1.10. The normalized spacial score (nSPS) is 34.1. The van der Waals surface area contributed by atoms with Crippen molar-refractivity contribution >= 4 is 35.6 Å². The van der Waals surface area contributed by atoms with E-state index in [2.05, 4.69) is 24.5 Å². The summed E-state index contributed by atoms with van der Waals surface area (Å²) in [5.74, 6) is -0.627. The van der Waals surface area contributed by atoms with Crippen molar-refractivity contribution in [2.24, 2.45) is 0 Å². The number of nitrogens with one attached hydrogen (secondary N) is 2. The van der Waals surface area contributed by atoms with Crippen LogP contribution >= 0.6 is 11.8 Å². The van der Waals surface area contributed by atoms with Crippen LogP contribution in [0, 0.1) is 0 Å². The Morgan fingerprint density at radius 2 is 1.88 bits per heavy atom. The van der Waals surface area contributed by atoms with Gasteiger partial charge in [0.2, 0.25) is 0 Å². The molecule has 3 atom stereocenters. The Bertz CT molecular complexity index is 611. The molecule has 0 aromatic rings. The average molecular weight is 369 g/mol. The molecule has 2 N–H and O–H groups in total. The highest BCUT2D eigenvalue weighted by Crippen LogP contribution is 2.47. The van der Waals surface area contributed by atoms with E-state index in [4.69, 9.17) is 4.84 Å². The Kier molecular flexibility index (Phi) is 4.70. The van der Waals surface area contributed by atoms with Crippen LogP contribution in [0.15, 0.2) is 0 Å². The lowest BCUT2D eigenvalue weighted by atomic mass is 9.79. The van der Waals surface area contributed by atoms with E-state index in [1.165, 1.54) is 0 Å². The molecule has 3 rings (SSSR count). The van der Waals surface area contributed by atoms with Crippen LogP contribution in [-0.4, -0.2) is 51.0 Å². The van der Waals surface area contributed by atoms with E-state index in [-0.39, 0.29) is 41.6 Å². The molecular weight excluding hydrogens is 346 g/mol. The van der Waals surface area contributed by atoms with Gasteiger partial charge in [0.15, 0.2) is 0 Å². The molecule has 25 heavy (non-hydrogen) atoms.